The van der Waals surface area contributed by atoms with E-state index in [0.717, 1.165) is 6.42 Å². The Morgan fingerprint density at radius 3 is 2.50 bits per heavy atom. The summed E-state index contributed by atoms with van der Waals surface area (Å²) in [5.41, 5.74) is 0.702. The first-order valence-electron chi connectivity index (χ1n) is 6.90. The summed E-state index contributed by atoms with van der Waals surface area (Å²) in [6.07, 6.45) is 1.55. The molecule has 112 valence electrons. The molecule has 1 aromatic heterocycles. The number of carbonyl (C=O) groups excluding carboxylic acids is 1. The summed E-state index contributed by atoms with van der Waals surface area (Å²) in [5.74, 6) is -1.50. The highest BCUT2D eigenvalue weighted by molar-refractivity contribution is 5.94. The van der Waals surface area contributed by atoms with Gasteiger partial charge >= 0.3 is 5.97 Å². The van der Waals surface area contributed by atoms with Gasteiger partial charge in [-0.3, -0.25) is 4.79 Å². The zero-order valence-electron chi connectivity index (χ0n) is 12.3. The second-order valence-electron chi connectivity index (χ2n) is 5.10. The fourth-order valence-electron chi connectivity index (χ4n) is 1.73. The average Bonchev–Trinajstić information content (AvgIpc) is 2.92. The van der Waals surface area contributed by atoms with E-state index in [1.165, 1.54) is 0 Å². The molecule has 0 fully saturated rings. The number of hydrogen-bond donors (Lipinski definition) is 2. The zero-order chi connectivity index (χ0) is 15.3. The van der Waals surface area contributed by atoms with Crippen molar-refractivity contribution in [2.75, 3.05) is 0 Å². The summed E-state index contributed by atoms with van der Waals surface area (Å²) in [5, 5.41) is 15.5. The van der Waals surface area contributed by atoms with Crippen LogP contribution in [0.3, 0.4) is 0 Å². The minimum Gasteiger partial charge on any atom is -0.480 e. The standard InChI is InChI=1S/C14H22N2O4/c1-5-8(3)10-7-11(20-16-10)13(17)15-12(14(18)19)9(4)6-2/h7-9,12H,5-6H2,1-4H3,(H,15,17)(H,18,19)/t8-,9+,12+/m1/s1. The Bertz CT molecular complexity index is 469. The number of aliphatic carboxylic acids is 1. The molecular formula is C14H22N2O4. The topological polar surface area (TPSA) is 92.4 Å². The Balaban J connectivity index is 2.79. The minimum atomic E-state index is -1.05. The Hall–Kier alpha value is -1.85. The molecule has 1 amide bonds. The van der Waals surface area contributed by atoms with Gasteiger partial charge in [0.1, 0.15) is 6.04 Å². The fourth-order valence-corrected chi connectivity index (χ4v) is 1.73. The molecule has 0 aliphatic rings. The second-order valence-corrected chi connectivity index (χ2v) is 5.10. The van der Waals surface area contributed by atoms with Crippen molar-refractivity contribution in [2.24, 2.45) is 5.92 Å². The first-order valence-corrected chi connectivity index (χ1v) is 6.90. The van der Waals surface area contributed by atoms with Crippen LogP contribution in [0.15, 0.2) is 10.6 Å². The third kappa shape index (κ3) is 3.82. The summed E-state index contributed by atoms with van der Waals surface area (Å²) in [7, 11) is 0. The molecule has 6 heteroatoms. The lowest BCUT2D eigenvalue weighted by atomic mass is 9.99. The van der Waals surface area contributed by atoms with Gasteiger partial charge in [-0.05, 0) is 12.3 Å². The molecule has 0 radical (unpaired) electrons. The SMILES string of the molecule is CC[C@@H](C)c1cc(C(=O)N[C@H](C(=O)O)[C@@H](C)CC)on1. The highest BCUT2D eigenvalue weighted by Crippen LogP contribution is 2.18. The predicted molar refractivity (Wildman–Crippen MR) is 73.6 cm³/mol. The van der Waals surface area contributed by atoms with Crippen molar-refractivity contribution in [3.8, 4) is 0 Å². The molecule has 1 aromatic rings. The molecule has 0 spiro atoms. The van der Waals surface area contributed by atoms with Crippen molar-refractivity contribution in [3.05, 3.63) is 17.5 Å². The summed E-state index contributed by atoms with van der Waals surface area (Å²) in [6.45, 7) is 7.66. The van der Waals surface area contributed by atoms with E-state index >= 15 is 0 Å². The van der Waals surface area contributed by atoms with Crippen molar-refractivity contribution >= 4 is 11.9 Å². The Morgan fingerprint density at radius 2 is 2.00 bits per heavy atom. The minimum absolute atomic E-state index is 0.0508. The van der Waals surface area contributed by atoms with Crippen LogP contribution >= 0.6 is 0 Å². The normalized spacial score (nSPS) is 15.4. The van der Waals surface area contributed by atoms with Crippen LogP contribution in [0.4, 0.5) is 0 Å². The maximum atomic E-state index is 12.0. The van der Waals surface area contributed by atoms with Gasteiger partial charge in [-0.25, -0.2) is 4.79 Å². The predicted octanol–water partition coefficient (Wildman–Crippen LogP) is 2.42. The van der Waals surface area contributed by atoms with E-state index in [9.17, 15) is 9.59 Å². The van der Waals surface area contributed by atoms with Gasteiger partial charge in [0.15, 0.2) is 0 Å². The first kappa shape index (κ1) is 16.2. The molecule has 0 saturated carbocycles. The third-order valence-corrected chi connectivity index (χ3v) is 3.64. The van der Waals surface area contributed by atoms with Crippen LogP contribution in [-0.2, 0) is 4.79 Å². The average molecular weight is 282 g/mol. The van der Waals surface area contributed by atoms with Crippen LogP contribution in [0.2, 0.25) is 0 Å². The van der Waals surface area contributed by atoms with E-state index in [1.54, 1.807) is 13.0 Å². The largest absolute Gasteiger partial charge is 0.480 e. The number of aromatic nitrogens is 1. The first-order chi connectivity index (χ1) is 9.40. The number of amides is 1. The third-order valence-electron chi connectivity index (χ3n) is 3.64. The Kier molecular flexibility index (Phi) is 5.73. The van der Waals surface area contributed by atoms with Gasteiger partial charge in [0.25, 0.3) is 5.91 Å². The maximum Gasteiger partial charge on any atom is 0.326 e. The Morgan fingerprint density at radius 1 is 1.35 bits per heavy atom. The number of carbonyl (C=O) groups is 2. The lowest BCUT2D eigenvalue weighted by molar-refractivity contribution is -0.140. The van der Waals surface area contributed by atoms with Crippen molar-refractivity contribution in [1.29, 1.82) is 0 Å². The molecule has 0 aromatic carbocycles. The molecule has 1 heterocycles. The lowest BCUT2D eigenvalue weighted by Crippen LogP contribution is -2.44. The van der Waals surface area contributed by atoms with E-state index in [4.69, 9.17) is 9.63 Å². The monoisotopic (exact) mass is 282 g/mol. The molecule has 0 saturated heterocycles. The Labute approximate surface area is 118 Å². The molecule has 6 nitrogen and oxygen atoms in total. The molecular weight excluding hydrogens is 260 g/mol. The van der Waals surface area contributed by atoms with Crippen LogP contribution in [0.1, 0.15) is 62.7 Å². The van der Waals surface area contributed by atoms with Crippen molar-refractivity contribution < 1.29 is 19.2 Å². The molecule has 3 atom stereocenters. The van der Waals surface area contributed by atoms with E-state index in [-0.39, 0.29) is 17.6 Å². The molecule has 20 heavy (non-hydrogen) atoms. The molecule has 0 aliphatic carbocycles. The van der Waals surface area contributed by atoms with Gasteiger partial charge in [0, 0.05) is 12.0 Å². The van der Waals surface area contributed by atoms with Crippen LogP contribution in [-0.4, -0.2) is 28.2 Å². The van der Waals surface area contributed by atoms with Crippen molar-refractivity contribution in [1.82, 2.24) is 10.5 Å². The van der Waals surface area contributed by atoms with Gasteiger partial charge in [-0.15, -0.1) is 0 Å². The zero-order valence-corrected chi connectivity index (χ0v) is 12.3. The number of nitrogens with zero attached hydrogens (tertiary/aromatic N) is 1. The highest BCUT2D eigenvalue weighted by atomic mass is 16.5. The van der Waals surface area contributed by atoms with Crippen LogP contribution in [0.25, 0.3) is 0 Å². The summed E-state index contributed by atoms with van der Waals surface area (Å²) in [4.78, 5) is 23.2. The molecule has 0 bridgehead atoms. The van der Waals surface area contributed by atoms with Gasteiger partial charge < -0.3 is 14.9 Å². The lowest BCUT2D eigenvalue weighted by Gasteiger charge is -2.19. The quantitative estimate of drug-likeness (QED) is 0.801. The maximum absolute atomic E-state index is 12.0. The molecule has 2 N–H and O–H groups in total. The number of carboxylic acid groups (broad SMARTS) is 1. The smallest absolute Gasteiger partial charge is 0.326 e. The van der Waals surface area contributed by atoms with Crippen LogP contribution in [0, 0.1) is 5.92 Å². The van der Waals surface area contributed by atoms with Gasteiger partial charge in [0.2, 0.25) is 5.76 Å². The number of rotatable bonds is 7. The van der Waals surface area contributed by atoms with E-state index < -0.39 is 17.9 Å². The number of nitrogens with one attached hydrogen (secondary N) is 1. The van der Waals surface area contributed by atoms with Crippen molar-refractivity contribution in [3.63, 3.8) is 0 Å². The molecule has 1 rings (SSSR count). The van der Waals surface area contributed by atoms with Gasteiger partial charge in [0.05, 0.1) is 5.69 Å². The number of carboxylic acids is 1. The molecule has 0 unspecified atom stereocenters. The van der Waals surface area contributed by atoms with E-state index in [2.05, 4.69) is 10.5 Å². The van der Waals surface area contributed by atoms with E-state index in [1.807, 2.05) is 20.8 Å². The highest BCUT2D eigenvalue weighted by Gasteiger charge is 2.27. The van der Waals surface area contributed by atoms with Gasteiger partial charge in [-0.2, -0.15) is 0 Å². The van der Waals surface area contributed by atoms with E-state index in [0.29, 0.717) is 12.1 Å². The van der Waals surface area contributed by atoms with Crippen molar-refractivity contribution in [2.45, 2.75) is 52.5 Å². The number of hydrogen-bond acceptors (Lipinski definition) is 4. The fraction of sp³-hybridized carbons (Fsp3) is 0.643. The van der Waals surface area contributed by atoms with Crippen LogP contribution in [0.5, 0.6) is 0 Å². The summed E-state index contributed by atoms with van der Waals surface area (Å²) in [6, 6.07) is 0.642. The second kappa shape index (κ2) is 7.07. The summed E-state index contributed by atoms with van der Waals surface area (Å²) >= 11 is 0. The van der Waals surface area contributed by atoms with Crippen LogP contribution < -0.4 is 5.32 Å². The summed E-state index contributed by atoms with van der Waals surface area (Å²) < 4.78 is 4.99. The molecule has 0 aliphatic heterocycles. The van der Waals surface area contributed by atoms with Gasteiger partial charge in [-0.1, -0.05) is 39.3 Å².